The van der Waals surface area contributed by atoms with E-state index in [4.69, 9.17) is 14.2 Å². The van der Waals surface area contributed by atoms with Crippen molar-refractivity contribution in [2.24, 2.45) is 0 Å². The molecule has 0 radical (unpaired) electrons. The molecule has 0 aromatic heterocycles. The predicted octanol–water partition coefficient (Wildman–Crippen LogP) is 3.81. The number of ether oxygens (including phenoxy) is 3. The highest BCUT2D eigenvalue weighted by molar-refractivity contribution is 5.92. The quantitative estimate of drug-likeness (QED) is 0.789. The van der Waals surface area contributed by atoms with E-state index in [1.165, 1.54) is 12.8 Å². The summed E-state index contributed by atoms with van der Waals surface area (Å²) in [5, 5.41) is 2.99. The zero-order valence-corrected chi connectivity index (χ0v) is 16.1. The second-order valence-electron chi connectivity index (χ2n) is 7.31. The summed E-state index contributed by atoms with van der Waals surface area (Å²) in [7, 11) is 1.62. The molecule has 2 aromatic carbocycles. The van der Waals surface area contributed by atoms with Gasteiger partial charge in [0.1, 0.15) is 5.75 Å². The van der Waals surface area contributed by atoms with Gasteiger partial charge in [-0.05, 0) is 42.7 Å². The summed E-state index contributed by atoms with van der Waals surface area (Å²) in [5.74, 6) is 2.28. The lowest BCUT2D eigenvalue weighted by Gasteiger charge is -2.28. The molecule has 2 aromatic rings. The number of anilines is 1. The summed E-state index contributed by atoms with van der Waals surface area (Å²) >= 11 is 0. The minimum absolute atomic E-state index is 0.0131. The van der Waals surface area contributed by atoms with Gasteiger partial charge < -0.3 is 19.5 Å². The Kier molecular flexibility index (Phi) is 5.67. The summed E-state index contributed by atoms with van der Waals surface area (Å²) in [6.07, 6.45) is 4.72. The molecular weight excluding hydrogens is 356 g/mol. The van der Waals surface area contributed by atoms with E-state index in [9.17, 15) is 4.79 Å². The molecule has 1 N–H and O–H groups in total. The largest absolute Gasteiger partial charge is 0.497 e. The van der Waals surface area contributed by atoms with Crippen molar-refractivity contribution in [3.63, 3.8) is 0 Å². The molecule has 2 aliphatic rings. The van der Waals surface area contributed by atoms with E-state index in [1.54, 1.807) is 7.11 Å². The smallest absolute Gasteiger partial charge is 0.238 e. The van der Waals surface area contributed by atoms with Crippen molar-refractivity contribution in [1.29, 1.82) is 0 Å². The molecule has 0 unspecified atom stereocenters. The highest BCUT2D eigenvalue weighted by Gasteiger charge is 2.25. The first kappa shape index (κ1) is 18.6. The number of methoxy groups -OCH3 is 1. The standard InChI is InChI=1S/C22H26N2O4/c1-26-19-8-4-5-17(12-19)23-22(25)14-24(18-6-2-3-7-18)13-16-9-10-20-21(11-16)28-15-27-20/h4-5,8-12,18H,2-3,6-7,13-15H2,1H3,(H,23,25). The number of fused-ring (bicyclic) bond motifs is 1. The van der Waals surface area contributed by atoms with Crippen LogP contribution in [0.25, 0.3) is 0 Å². The van der Waals surface area contributed by atoms with Crippen LogP contribution in [-0.4, -0.2) is 37.3 Å². The van der Waals surface area contributed by atoms with E-state index in [-0.39, 0.29) is 12.7 Å². The van der Waals surface area contributed by atoms with Gasteiger partial charge in [-0.3, -0.25) is 9.69 Å². The molecule has 0 spiro atoms. The van der Waals surface area contributed by atoms with Gasteiger partial charge in [0.05, 0.1) is 13.7 Å². The third kappa shape index (κ3) is 4.39. The molecule has 1 amide bonds. The fourth-order valence-electron chi connectivity index (χ4n) is 3.94. The number of hydrogen-bond donors (Lipinski definition) is 1. The minimum atomic E-state index is -0.0131. The number of nitrogens with zero attached hydrogens (tertiary/aromatic N) is 1. The molecule has 1 aliphatic carbocycles. The Hall–Kier alpha value is -2.73. The van der Waals surface area contributed by atoms with Crippen molar-refractivity contribution in [2.75, 3.05) is 25.8 Å². The molecule has 0 atom stereocenters. The Morgan fingerprint density at radius 2 is 1.96 bits per heavy atom. The zero-order chi connectivity index (χ0) is 19.3. The molecule has 6 heteroatoms. The molecule has 0 saturated heterocycles. The molecular formula is C22H26N2O4. The van der Waals surface area contributed by atoms with Crippen LogP contribution in [0.5, 0.6) is 17.2 Å². The Balaban J connectivity index is 1.44. The summed E-state index contributed by atoms with van der Waals surface area (Å²) in [6.45, 7) is 1.34. The lowest BCUT2D eigenvalue weighted by Crippen LogP contribution is -2.39. The van der Waals surface area contributed by atoms with Gasteiger partial charge >= 0.3 is 0 Å². The van der Waals surface area contributed by atoms with E-state index in [0.717, 1.165) is 41.3 Å². The third-order valence-corrected chi connectivity index (χ3v) is 5.36. The van der Waals surface area contributed by atoms with Crippen LogP contribution in [0, 0.1) is 0 Å². The number of hydrogen-bond acceptors (Lipinski definition) is 5. The Labute approximate surface area is 165 Å². The van der Waals surface area contributed by atoms with Crippen molar-refractivity contribution < 1.29 is 19.0 Å². The monoisotopic (exact) mass is 382 g/mol. The second kappa shape index (κ2) is 8.52. The van der Waals surface area contributed by atoms with E-state index in [1.807, 2.05) is 36.4 Å². The first-order chi connectivity index (χ1) is 13.7. The van der Waals surface area contributed by atoms with Crippen LogP contribution < -0.4 is 19.5 Å². The Morgan fingerprint density at radius 3 is 2.79 bits per heavy atom. The lowest BCUT2D eigenvalue weighted by atomic mass is 10.1. The molecule has 28 heavy (non-hydrogen) atoms. The van der Waals surface area contributed by atoms with Crippen LogP contribution >= 0.6 is 0 Å². The second-order valence-corrected chi connectivity index (χ2v) is 7.31. The van der Waals surface area contributed by atoms with Crippen LogP contribution in [-0.2, 0) is 11.3 Å². The van der Waals surface area contributed by atoms with E-state index >= 15 is 0 Å². The lowest BCUT2D eigenvalue weighted by molar-refractivity contribution is -0.118. The fraction of sp³-hybridized carbons (Fsp3) is 0.409. The molecule has 4 rings (SSSR count). The first-order valence-electron chi connectivity index (χ1n) is 9.78. The van der Waals surface area contributed by atoms with Crippen molar-refractivity contribution in [2.45, 2.75) is 38.3 Å². The average molecular weight is 382 g/mol. The first-order valence-corrected chi connectivity index (χ1v) is 9.78. The normalized spacial score (nSPS) is 15.8. The number of carbonyl (C=O) groups is 1. The molecule has 6 nitrogen and oxygen atoms in total. The molecule has 1 aliphatic heterocycles. The third-order valence-electron chi connectivity index (χ3n) is 5.36. The number of nitrogens with one attached hydrogen (secondary N) is 1. The summed E-state index contributed by atoms with van der Waals surface area (Å²) < 4.78 is 16.1. The number of rotatable bonds is 7. The van der Waals surface area contributed by atoms with Gasteiger partial charge in [-0.2, -0.15) is 0 Å². The maximum Gasteiger partial charge on any atom is 0.238 e. The van der Waals surface area contributed by atoms with Gasteiger partial charge in [0.15, 0.2) is 11.5 Å². The molecule has 1 fully saturated rings. The summed E-state index contributed by atoms with van der Waals surface area (Å²) in [4.78, 5) is 15.0. The van der Waals surface area contributed by atoms with E-state index in [0.29, 0.717) is 19.1 Å². The minimum Gasteiger partial charge on any atom is -0.497 e. The van der Waals surface area contributed by atoms with Crippen LogP contribution in [0.3, 0.4) is 0 Å². The van der Waals surface area contributed by atoms with Crippen LogP contribution in [0.15, 0.2) is 42.5 Å². The average Bonchev–Trinajstić information content (AvgIpc) is 3.39. The highest BCUT2D eigenvalue weighted by atomic mass is 16.7. The number of amides is 1. The number of benzene rings is 2. The van der Waals surface area contributed by atoms with Gasteiger partial charge in [0.25, 0.3) is 0 Å². The zero-order valence-electron chi connectivity index (χ0n) is 16.1. The molecule has 148 valence electrons. The van der Waals surface area contributed by atoms with E-state index in [2.05, 4.69) is 16.3 Å². The van der Waals surface area contributed by atoms with Crippen LogP contribution in [0.4, 0.5) is 5.69 Å². The van der Waals surface area contributed by atoms with Crippen molar-refractivity contribution in [3.8, 4) is 17.2 Å². The maximum absolute atomic E-state index is 12.7. The van der Waals surface area contributed by atoms with Crippen molar-refractivity contribution in [1.82, 2.24) is 4.90 Å². The van der Waals surface area contributed by atoms with Gasteiger partial charge in [-0.15, -0.1) is 0 Å². The summed E-state index contributed by atoms with van der Waals surface area (Å²) in [5.41, 5.74) is 1.88. The highest BCUT2D eigenvalue weighted by Crippen LogP contribution is 2.33. The van der Waals surface area contributed by atoms with Crippen LogP contribution in [0.2, 0.25) is 0 Å². The Morgan fingerprint density at radius 1 is 1.14 bits per heavy atom. The topological polar surface area (TPSA) is 60.0 Å². The SMILES string of the molecule is COc1cccc(NC(=O)CN(Cc2ccc3c(c2)OCO3)C2CCCC2)c1. The Bertz CT molecular complexity index is 833. The molecule has 1 saturated carbocycles. The maximum atomic E-state index is 12.7. The number of carbonyl (C=O) groups excluding carboxylic acids is 1. The summed E-state index contributed by atoms with van der Waals surface area (Å²) in [6, 6.07) is 13.9. The molecule has 0 bridgehead atoms. The van der Waals surface area contributed by atoms with Gasteiger partial charge in [0.2, 0.25) is 12.7 Å². The predicted molar refractivity (Wildman–Crippen MR) is 107 cm³/mol. The van der Waals surface area contributed by atoms with Crippen molar-refractivity contribution in [3.05, 3.63) is 48.0 Å². The van der Waals surface area contributed by atoms with Gasteiger partial charge in [0, 0.05) is 24.3 Å². The van der Waals surface area contributed by atoms with Crippen molar-refractivity contribution >= 4 is 11.6 Å². The van der Waals surface area contributed by atoms with Gasteiger partial charge in [-0.1, -0.05) is 25.0 Å². The van der Waals surface area contributed by atoms with Gasteiger partial charge in [-0.25, -0.2) is 0 Å². The van der Waals surface area contributed by atoms with E-state index < -0.39 is 0 Å². The van der Waals surface area contributed by atoms with Crippen LogP contribution in [0.1, 0.15) is 31.2 Å². The molecule has 1 heterocycles. The fourth-order valence-corrected chi connectivity index (χ4v) is 3.94.